The highest BCUT2D eigenvalue weighted by atomic mass is 32.2. The first-order valence-electron chi connectivity index (χ1n) is 12.7. The summed E-state index contributed by atoms with van der Waals surface area (Å²) in [6, 6.07) is 13.3. The average Bonchev–Trinajstić information content (AvgIpc) is 3.43. The molecule has 2 aromatic carbocycles. The Labute approximate surface area is 239 Å². The van der Waals surface area contributed by atoms with Gasteiger partial charge in [-0.15, -0.1) is 24.5 Å². The number of nitrogens with zero attached hydrogens (tertiary/aromatic N) is 2. The molecule has 1 aliphatic heterocycles. The van der Waals surface area contributed by atoms with Gasteiger partial charge < -0.3 is 20.1 Å². The lowest BCUT2D eigenvalue weighted by Crippen LogP contribution is -2.60. The Morgan fingerprint density at radius 2 is 1.68 bits per heavy atom. The van der Waals surface area contributed by atoms with Crippen molar-refractivity contribution in [2.24, 2.45) is 0 Å². The number of carboxylic acids is 1. The van der Waals surface area contributed by atoms with Crippen molar-refractivity contribution in [2.45, 2.75) is 43.6 Å². The fraction of sp³-hybridized carbons (Fsp3) is 0.333. The number of piperazine rings is 1. The molecular weight excluding hydrogens is 583 g/mol. The molecule has 1 amide bonds. The van der Waals surface area contributed by atoms with Gasteiger partial charge >= 0.3 is 12.3 Å². The number of rotatable bonds is 10. The minimum atomic E-state index is -4.93. The molecule has 3 aromatic rings. The molecule has 0 spiro atoms. The first-order valence-corrected chi connectivity index (χ1v) is 14.9. The molecule has 0 saturated carbocycles. The molecule has 1 atom stereocenters. The van der Waals surface area contributed by atoms with E-state index in [-0.39, 0.29) is 36.0 Å². The summed E-state index contributed by atoms with van der Waals surface area (Å²) in [4.78, 5) is 26.4. The molecule has 0 aliphatic carbocycles. The Balaban J connectivity index is 1.57. The largest absolute Gasteiger partial charge is 0.573 e. The van der Waals surface area contributed by atoms with Crippen molar-refractivity contribution in [3.63, 3.8) is 0 Å². The van der Waals surface area contributed by atoms with Crippen LogP contribution in [-0.4, -0.2) is 61.7 Å². The number of aryl methyl sites for hydroxylation is 1. The summed E-state index contributed by atoms with van der Waals surface area (Å²) in [7, 11) is -4.31. The van der Waals surface area contributed by atoms with Crippen LogP contribution in [0.5, 0.6) is 5.75 Å². The molecule has 14 heteroatoms. The van der Waals surface area contributed by atoms with Gasteiger partial charge in [0, 0.05) is 26.2 Å². The summed E-state index contributed by atoms with van der Waals surface area (Å²) in [5.41, 5.74) is 1.98. The Hall–Kier alpha value is -3.62. The van der Waals surface area contributed by atoms with E-state index in [1.54, 1.807) is 11.0 Å². The molecule has 1 fully saturated rings. The number of halogens is 3. The highest BCUT2D eigenvalue weighted by molar-refractivity contribution is 7.89. The van der Waals surface area contributed by atoms with Crippen molar-refractivity contribution in [3.05, 3.63) is 76.7 Å². The van der Waals surface area contributed by atoms with E-state index < -0.39 is 40.1 Å². The number of anilines is 1. The maximum Gasteiger partial charge on any atom is 0.573 e. The van der Waals surface area contributed by atoms with Gasteiger partial charge in [0.15, 0.2) is 0 Å². The van der Waals surface area contributed by atoms with Gasteiger partial charge in [0.05, 0.1) is 9.90 Å². The predicted octanol–water partition coefficient (Wildman–Crippen LogP) is 4.49. The molecule has 220 valence electrons. The van der Waals surface area contributed by atoms with Crippen LogP contribution in [0, 0.1) is 0 Å². The van der Waals surface area contributed by atoms with Crippen molar-refractivity contribution >= 4 is 38.2 Å². The van der Waals surface area contributed by atoms with E-state index >= 15 is 0 Å². The number of nitrogens with one attached hydrogen (secondary N) is 1. The van der Waals surface area contributed by atoms with Crippen molar-refractivity contribution in [1.29, 1.82) is 0 Å². The zero-order chi connectivity index (χ0) is 29.8. The van der Waals surface area contributed by atoms with Gasteiger partial charge in [-0.1, -0.05) is 37.6 Å². The molecule has 0 radical (unpaired) electrons. The minimum absolute atomic E-state index is 0.0602. The molecule has 2 heterocycles. The summed E-state index contributed by atoms with van der Waals surface area (Å²) >= 11 is 1.01. The molecule has 1 saturated heterocycles. The number of sulfonamides is 1. The van der Waals surface area contributed by atoms with Crippen LogP contribution in [0.3, 0.4) is 0 Å². The quantitative estimate of drug-likeness (QED) is 0.347. The number of thiophene rings is 1. The van der Waals surface area contributed by atoms with E-state index in [2.05, 4.69) is 17.0 Å². The van der Waals surface area contributed by atoms with Gasteiger partial charge in [-0.3, -0.25) is 4.79 Å². The fourth-order valence-electron chi connectivity index (χ4n) is 4.45. The summed E-state index contributed by atoms with van der Waals surface area (Å²) in [6.45, 7) is 2.21. The number of hydrogen-bond acceptors (Lipinski definition) is 7. The van der Waals surface area contributed by atoms with Gasteiger partial charge in [-0.25, -0.2) is 13.2 Å². The smallest absolute Gasteiger partial charge is 0.477 e. The topological polar surface area (TPSA) is 116 Å². The maximum atomic E-state index is 13.6. The third kappa shape index (κ3) is 7.57. The lowest BCUT2D eigenvalue weighted by Gasteiger charge is -2.40. The van der Waals surface area contributed by atoms with Crippen molar-refractivity contribution in [1.82, 2.24) is 9.62 Å². The first kappa shape index (κ1) is 30.3. The number of aromatic carboxylic acids is 1. The number of carbonyl (C=O) groups is 2. The van der Waals surface area contributed by atoms with Gasteiger partial charge in [0.25, 0.3) is 0 Å². The Morgan fingerprint density at radius 1 is 1.02 bits per heavy atom. The fourth-order valence-corrected chi connectivity index (χ4v) is 6.90. The van der Waals surface area contributed by atoms with E-state index in [9.17, 15) is 36.3 Å². The predicted molar refractivity (Wildman–Crippen MR) is 147 cm³/mol. The Morgan fingerprint density at radius 3 is 2.27 bits per heavy atom. The van der Waals surface area contributed by atoms with E-state index in [0.717, 1.165) is 63.9 Å². The van der Waals surface area contributed by atoms with E-state index in [4.69, 9.17) is 0 Å². The van der Waals surface area contributed by atoms with Gasteiger partial charge in [-0.05, 0) is 53.9 Å². The van der Waals surface area contributed by atoms with Crippen molar-refractivity contribution < 1.29 is 41.0 Å². The number of amides is 1. The second-order valence-electron chi connectivity index (χ2n) is 9.32. The number of benzene rings is 2. The highest BCUT2D eigenvalue weighted by Gasteiger charge is 2.41. The third-order valence-electron chi connectivity index (χ3n) is 6.44. The molecule has 4 rings (SSSR count). The minimum Gasteiger partial charge on any atom is -0.477 e. The van der Waals surface area contributed by atoms with Crippen LogP contribution in [0.2, 0.25) is 0 Å². The molecule has 1 aromatic heterocycles. The van der Waals surface area contributed by atoms with Gasteiger partial charge in [-0.2, -0.15) is 4.31 Å². The van der Waals surface area contributed by atoms with E-state index in [0.29, 0.717) is 5.00 Å². The molecule has 0 bridgehead atoms. The highest BCUT2D eigenvalue weighted by Crippen LogP contribution is 2.31. The number of carboxylic acid groups (broad SMARTS) is 1. The van der Waals surface area contributed by atoms with Gasteiger partial charge in [0.1, 0.15) is 16.7 Å². The monoisotopic (exact) mass is 611 g/mol. The van der Waals surface area contributed by atoms with E-state index in [1.165, 1.54) is 6.07 Å². The molecule has 9 nitrogen and oxygen atoms in total. The first-order chi connectivity index (χ1) is 19.4. The number of alkyl halides is 3. The van der Waals surface area contributed by atoms with Crippen LogP contribution in [-0.2, 0) is 27.8 Å². The van der Waals surface area contributed by atoms with Crippen LogP contribution in [0.4, 0.5) is 18.2 Å². The standard InChI is InChI=1S/C27H28F3N3O6S2/c1-2-3-18-4-6-19(7-5-18)16-31-25(34)22-17-32(24-13-12-23(40-24)26(35)36)14-15-33(22)41(37,38)21-10-8-20(9-11-21)39-27(28,29)30/h4-13,22H,2-3,14-17H2,1H3,(H,31,34)(H,35,36)/t22-/m1/s1. The normalized spacial score (nSPS) is 16.4. The third-order valence-corrected chi connectivity index (χ3v) is 9.50. The van der Waals surface area contributed by atoms with E-state index in [1.807, 2.05) is 24.3 Å². The van der Waals surface area contributed by atoms with Crippen LogP contribution >= 0.6 is 11.3 Å². The number of carbonyl (C=O) groups excluding carboxylic acids is 1. The van der Waals surface area contributed by atoms with Gasteiger partial charge in [0.2, 0.25) is 15.9 Å². The summed E-state index contributed by atoms with van der Waals surface area (Å²) in [6.07, 6.45) is -3.01. The van der Waals surface area contributed by atoms with Crippen molar-refractivity contribution in [3.8, 4) is 5.75 Å². The van der Waals surface area contributed by atoms with Crippen LogP contribution < -0.4 is 15.0 Å². The molecular formula is C27H28F3N3O6S2. The molecule has 41 heavy (non-hydrogen) atoms. The SMILES string of the molecule is CCCc1ccc(CNC(=O)[C@H]2CN(c3ccc(C(=O)O)s3)CCN2S(=O)(=O)c2ccc(OC(F)(F)F)cc2)cc1. The summed E-state index contributed by atoms with van der Waals surface area (Å²) in [5, 5.41) is 12.7. The average molecular weight is 612 g/mol. The lowest BCUT2D eigenvalue weighted by atomic mass is 10.1. The van der Waals surface area contributed by atoms with Crippen LogP contribution in [0.25, 0.3) is 0 Å². The summed E-state index contributed by atoms with van der Waals surface area (Å²) < 4.78 is 69.7. The van der Waals surface area contributed by atoms with Crippen LogP contribution in [0.1, 0.15) is 34.1 Å². The Bertz CT molecular complexity index is 1480. The number of hydrogen-bond donors (Lipinski definition) is 2. The summed E-state index contributed by atoms with van der Waals surface area (Å²) in [5.74, 6) is -2.24. The second-order valence-corrected chi connectivity index (χ2v) is 12.3. The Kier molecular flexibility index (Phi) is 9.24. The molecule has 0 unspecified atom stereocenters. The maximum absolute atomic E-state index is 13.6. The number of ether oxygens (including phenoxy) is 1. The van der Waals surface area contributed by atoms with Crippen molar-refractivity contribution in [2.75, 3.05) is 24.5 Å². The zero-order valence-electron chi connectivity index (χ0n) is 21.9. The zero-order valence-corrected chi connectivity index (χ0v) is 23.6. The second kappa shape index (κ2) is 12.5. The van der Waals surface area contributed by atoms with Crippen LogP contribution in [0.15, 0.2) is 65.6 Å². The lowest BCUT2D eigenvalue weighted by molar-refractivity contribution is -0.274. The molecule has 2 N–H and O–H groups in total. The molecule has 1 aliphatic rings.